The van der Waals surface area contributed by atoms with E-state index in [9.17, 15) is 26.7 Å². The maximum absolute atomic E-state index is 12.3. The van der Waals surface area contributed by atoms with Crippen molar-refractivity contribution in [1.82, 2.24) is 0 Å². The van der Waals surface area contributed by atoms with Crippen molar-refractivity contribution in [2.75, 3.05) is 0 Å². The number of alkyl halides is 6. The molecular formula is C11H8ClF5O2S. The molecular weight excluding hydrogens is 327 g/mol. The average molecular weight is 335 g/mol. The van der Waals surface area contributed by atoms with E-state index in [2.05, 4.69) is 4.74 Å². The molecule has 1 rings (SSSR count). The first kappa shape index (κ1) is 17.0. The number of hydrogen-bond donors (Lipinski definition) is 0. The molecule has 0 saturated heterocycles. The molecule has 2 nitrogen and oxygen atoms in total. The Morgan fingerprint density at radius 2 is 1.90 bits per heavy atom. The van der Waals surface area contributed by atoms with Crippen LogP contribution in [-0.2, 0) is 4.79 Å². The lowest BCUT2D eigenvalue weighted by molar-refractivity contribution is -0.116. The molecule has 0 spiro atoms. The van der Waals surface area contributed by atoms with Gasteiger partial charge in [0.2, 0.25) is 0 Å². The van der Waals surface area contributed by atoms with Gasteiger partial charge in [-0.1, -0.05) is 0 Å². The number of ketones is 1. The number of ether oxygens (including phenoxy) is 1. The van der Waals surface area contributed by atoms with Gasteiger partial charge in [0.1, 0.15) is 11.1 Å². The van der Waals surface area contributed by atoms with Gasteiger partial charge in [-0.2, -0.15) is 22.0 Å². The van der Waals surface area contributed by atoms with Gasteiger partial charge in [-0.25, -0.2) is 0 Å². The molecule has 0 aliphatic heterocycles. The van der Waals surface area contributed by atoms with Gasteiger partial charge in [-0.3, -0.25) is 4.79 Å². The normalized spacial score (nSPS) is 13.4. The maximum Gasteiger partial charge on any atom is 0.446 e. The highest BCUT2D eigenvalue weighted by Crippen LogP contribution is 2.40. The first-order valence-electron chi connectivity index (χ1n) is 5.08. The van der Waals surface area contributed by atoms with E-state index in [1.54, 1.807) is 0 Å². The fourth-order valence-corrected chi connectivity index (χ4v) is 2.10. The minimum atomic E-state index is -4.60. The van der Waals surface area contributed by atoms with Crippen molar-refractivity contribution in [3.63, 3.8) is 0 Å². The Kier molecular flexibility index (Phi) is 5.64. The van der Waals surface area contributed by atoms with E-state index in [-0.39, 0.29) is 5.56 Å². The minimum Gasteiger partial charge on any atom is -0.435 e. The topological polar surface area (TPSA) is 26.3 Å². The molecule has 0 saturated carbocycles. The molecule has 0 fully saturated rings. The number of hydrogen-bond acceptors (Lipinski definition) is 3. The van der Waals surface area contributed by atoms with Gasteiger partial charge in [0.25, 0.3) is 0 Å². The van der Waals surface area contributed by atoms with Gasteiger partial charge in [0.05, 0.1) is 0 Å². The number of Topliss-reactive ketones (excluding diaryl/α,β-unsaturated/α-hetero) is 1. The van der Waals surface area contributed by atoms with Gasteiger partial charge in [-0.15, -0.1) is 11.6 Å². The molecule has 0 radical (unpaired) electrons. The van der Waals surface area contributed by atoms with Crippen LogP contribution in [0.2, 0.25) is 0 Å². The van der Waals surface area contributed by atoms with Crippen molar-refractivity contribution in [3.05, 3.63) is 23.8 Å². The second-order valence-corrected chi connectivity index (χ2v) is 5.21. The first-order valence-corrected chi connectivity index (χ1v) is 6.34. The van der Waals surface area contributed by atoms with Crippen molar-refractivity contribution < 1.29 is 31.5 Å². The summed E-state index contributed by atoms with van der Waals surface area (Å²) in [4.78, 5) is 10.7. The summed E-state index contributed by atoms with van der Waals surface area (Å²) in [5.74, 6) is -1.01. The van der Waals surface area contributed by atoms with E-state index in [1.165, 1.54) is 0 Å². The Morgan fingerprint density at radius 3 is 2.35 bits per heavy atom. The summed E-state index contributed by atoms with van der Waals surface area (Å²) in [6.45, 7) is -2.06. The Bertz CT molecular complexity index is 492. The van der Waals surface area contributed by atoms with Crippen LogP contribution >= 0.6 is 23.4 Å². The van der Waals surface area contributed by atoms with Crippen molar-refractivity contribution >= 4 is 29.1 Å². The summed E-state index contributed by atoms with van der Waals surface area (Å²) < 4.78 is 65.2. The largest absolute Gasteiger partial charge is 0.446 e. The zero-order chi connectivity index (χ0) is 15.5. The predicted octanol–water partition coefficient (Wildman–Crippen LogP) is 4.77. The zero-order valence-electron chi connectivity index (χ0n) is 9.88. The van der Waals surface area contributed by atoms with Crippen molar-refractivity contribution in [2.45, 2.75) is 29.3 Å². The summed E-state index contributed by atoms with van der Waals surface area (Å²) in [6, 6.07) is 2.82. The molecule has 0 aromatic heterocycles. The summed E-state index contributed by atoms with van der Waals surface area (Å²) in [5, 5.41) is -1.23. The van der Waals surface area contributed by atoms with Gasteiger partial charge >= 0.3 is 12.1 Å². The predicted molar refractivity (Wildman–Crippen MR) is 64.3 cm³/mol. The van der Waals surface area contributed by atoms with Crippen molar-refractivity contribution in [2.24, 2.45) is 0 Å². The molecule has 0 aliphatic carbocycles. The number of halogens is 6. The van der Waals surface area contributed by atoms with Crippen LogP contribution in [-0.4, -0.2) is 17.9 Å². The summed E-state index contributed by atoms with van der Waals surface area (Å²) >= 11 is 5.20. The third-order valence-corrected chi connectivity index (χ3v) is 3.27. The Morgan fingerprint density at radius 1 is 1.30 bits per heavy atom. The Hall–Kier alpha value is -1.02. The molecule has 9 heteroatoms. The summed E-state index contributed by atoms with van der Waals surface area (Å²) in [7, 11) is 0. The van der Waals surface area contributed by atoms with Crippen LogP contribution in [0.1, 0.15) is 17.9 Å². The molecule has 1 aromatic rings. The van der Waals surface area contributed by atoms with Crippen LogP contribution in [0.15, 0.2) is 23.1 Å². The molecule has 0 N–H and O–H groups in total. The number of carbonyl (C=O) groups excluding carboxylic acids is 1. The average Bonchev–Trinajstić information content (AvgIpc) is 2.23. The van der Waals surface area contributed by atoms with Crippen LogP contribution < -0.4 is 4.74 Å². The standard InChI is InChI=1S/C11H8ClF5O2S/c1-5(18)9(12)6-2-7(19-10(13)14)4-8(3-6)20-11(15,16)17/h2-4,9-10H,1H3. The lowest BCUT2D eigenvalue weighted by Gasteiger charge is -2.13. The van der Waals surface area contributed by atoms with Crippen LogP contribution in [0.3, 0.4) is 0 Å². The van der Waals surface area contributed by atoms with Gasteiger partial charge in [-0.05, 0) is 42.4 Å². The van der Waals surface area contributed by atoms with E-state index >= 15 is 0 Å². The SMILES string of the molecule is CC(=O)C(Cl)c1cc(OC(F)F)cc(SC(F)(F)F)c1. The number of rotatable bonds is 5. The van der Waals surface area contributed by atoms with Crippen LogP contribution in [0.4, 0.5) is 22.0 Å². The molecule has 1 atom stereocenters. The van der Waals surface area contributed by atoms with Gasteiger partial charge < -0.3 is 4.74 Å². The highest BCUT2D eigenvalue weighted by atomic mass is 35.5. The van der Waals surface area contributed by atoms with Gasteiger partial charge in [0.15, 0.2) is 5.78 Å². The highest BCUT2D eigenvalue weighted by Gasteiger charge is 2.30. The second-order valence-electron chi connectivity index (χ2n) is 3.64. The summed E-state index contributed by atoms with van der Waals surface area (Å²) in [6.07, 6.45) is 0. The number of benzene rings is 1. The second kappa shape index (κ2) is 6.62. The van der Waals surface area contributed by atoms with E-state index in [0.29, 0.717) is 0 Å². The highest BCUT2D eigenvalue weighted by molar-refractivity contribution is 8.00. The van der Waals surface area contributed by atoms with Crippen molar-refractivity contribution in [1.29, 1.82) is 0 Å². The van der Waals surface area contributed by atoms with E-state index in [4.69, 9.17) is 11.6 Å². The minimum absolute atomic E-state index is 0.0379. The molecule has 1 aromatic carbocycles. The zero-order valence-corrected chi connectivity index (χ0v) is 11.5. The molecule has 112 valence electrons. The molecule has 0 amide bonds. The Labute approximate surface area is 120 Å². The molecule has 0 bridgehead atoms. The third kappa shape index (κ3) is 5.54. The first-order chi connectivity index (χ1) is 9.08. The molecule has 1 unspecified atom stereocenters. The monoisotopic (exact) mass is 334 g/mol. The fourth-order valence-electron chi connectivity index (χ4n) is 1.34. The summed E-state index contributed by atoms with van der Waals surface area (Å²) in [5.41, 5.74) is -4.64. The van der Waals surface area contributed by atoms with Crippen LogP contribution in [0.25, 0.3) is 0 Å². The molecule has 20 heavy (non-hydrogen) atoms. The fraction of sp³-hybridized carbons (Fsp3) is 0.364. The smallest absolute Gasteiger partial charge is 0.435 e. The number of carbonyl (C=O) groups is 1. The van der Waals surface area contributed by atoms with Crippen LogP contribution in [0.5, 0.6) is 5.75 Å². The van der Waals surface area contributed by atoms with E-state index < -0.39 is 45.7 Å². The lowest BCUT2D eigenvalue weighted by Crippen LogP contribution is -2.06. The molecule has 0 aliphatic rings. The quantitative estimate of drug-likeness (QED) is 0.441. The van der Waals surface area contributed by atoms with Gasteiger partial charge in [0, 0.05) is 4.90 Å². The lowest BCUT2D eigenvalue weighted by atomic mass is 10.1. The third-order valence-electron chi connectivity index (χ3n) is 2.01. The molecule has 0 heterocycles. The van der Waals surface area contributed by atoms with Crippen molar-refractivity contribution in [3.8, 4) is 5.75 Å². The van der Waals surface area contributed by atoms with E-state index in [1.807, 2.05) is 0 Å². The number of thioether (sulfide) groups is 1. The van der Waals surface area contributed by atoms with Crippen LogP contribution in [0, 0.1) is 0 Å². The Balaban J connectivity index is 3.17. The van der Waals surface area contributed by atoms with E-state index in [0.717, 1.165) is 25.1 Å². The maximum atomic E-state index is 12.3.